The van der Waals surface area contributed by atoms with Gasteiger partial charge in [-0.15, -0.1) is 0 Å². The lowest BCUT2D eigenvalue weighted by Gasteiger charge is -1.93. The van der Waals surface area contributed by atoms with E-state index < -0.39 is 0 Å². The Labute approximate surface area is 82.6 Å². The van der Waals surface area contributed by atoms with Gasteiger partial charge in [0, 0.05) is 11.5 Å². The average molecular weight is 185 g/mol. The minimum Gasteiger partial charge on any atom is -0.440 e. The van der Waals surface area contributed by atoms with Crippen molar-refractivity contribution >= 4 is 0 Å². The van der Waals surface area contributed by atoms with Gasteiger partial charge in [-0.3, -0.25) is 0 Å². The van der Waals surface area contributed by atoms with E-state index in [0.29, 0.717) is 5.92 Å². The molecule has 1 fully saturated rings. The van der Waals surface area contributed by atoms with E-state index in [1.807, 2.05) is 36.5 Å². The summed E-state index contributed by atoms with van der Waals surface area (Å²) in [6.07, 6.45) is 4.28. The van der Waals surface area contributed by atoms with Gasteiger partial charge >= 0.3 is 0 Å². The van der Waals surface area contributed by atoms with Crippen LogP contribution in [0.15, 0.2) is 40.9 Å². The summed E-state index contributed by atoms with van der Waals surface area (Å²) < 4.78 is 5.68. The van der Waals surface area contributed by atoms with E-state index in [4.69, 9.17) is 4.42 Å². The molecule has 1 aromatic carbocycles. The molecule has 1 saturated carbocycles. The maximum absolute atomic E-state index is 5.68. The van der Waals surface area contributed by atoms with Crippen LogP contribution in [0.25, 0.3) is 11.3 Å². The van der Waals surface area contributed by atoms with Gasteiger partial charge in [-0.1, -0.05) is 30.3 Å². The zero-order chi connectivity index (χ0) is 9.38. The minimum absolute atomic E-state index is 0.590. The molecule has 0 atom stereocenters. The van der Waals surface area contributed by atoms with E-state index in [1.165, 1.54) is 12.8 Å². The predicted molar refractivity (Wildman–Crippen MR) is 53.9 cm³/mol. The Hall–Kier alpha value is -1.57. The molecular formula is C12H11NO. The largest absolute Gasteiger partial charge is 0.440 e. The van der Waals surface area contributed by atoms with Crippen molar-refractivity contribution < 1.29 is 4.42 Å². The Morgan fingerprint density at radius 2 is 1.93 bits per heavy atom. The van der Waals surface area contributed by atoms with Gasteiger partial charge < -0.3 is 4.42 Å². The molecule has 0 amide bonds. The molecule has 0 spiro atoms. The van der Waals surface area contributed by atoms with Crippen LogP contribution in [-0.4, -0.2) is 4.98 Å². The monoisotopic (exact) mass is 185 g/mol. The molecule has 2 nitrogen and oxygen atoms in total. The molecule has 2 aromatic rings. The Morgan fingerprint density at radius 3 is 2.64 bits per heavy atom. The van der Waals surface area contributed by atoms with Gasteiger partial charge in [0.15, 0.2) is 11.7 Å². The second kappa shape index (κ2) is 2.98. The van der Waals surface area contributed by atoms with E-state index in [1.54, 1.807) is 0 Å². The number of hydrogen-bond donors (Lipinski definition) is 0. The smallest absolute Gasteiger partial charge is 0.198 e. The number of benzene rings is 1. The Balaban J connectivity index is 1.96. The first-order valence-electron chi connectivity index (χ1n) is 4.94. The molecule has 1 aliphatic rings. The summed E-state index contributed by atoms with van der Waals surface area (Å²) in [5.74, 6) is 2.38. The van der Waals surface area contributed by atoms with Gasteiger partial charge in [-0.2, -0.15) is 0 Å². The third-order valence-electron chi connectivity index (χ3n) is 2.51. The first-order valence-corrected chi connectivity index (χ1v) is 4.94. The minimum atomic E-state index is 0.590. The highest BCUT2D eigenvalue weighted by molar-refractivity contribution is 5.55. The molecular weight excluding hydrogens is 174 g/mol. The topological polar surface area (TPSA) is 26.0 Å². The van der Waals surface area contributed by atoms with Gasteiger partial charge in [-0.05, 0) is 12.8 Å². The van der Waals surface area contributed by atoms with Crippen molar-refractivity contribution in [1.82, 2.24) is 4.98 Å². The number of oxazole rings is 1. The zero-order valence-corrected chi connectivity index (χ0v) is 7.81. The first-order chi connectivity index (χ1) is 6.93. The molecule has 0 unspecified atom stereocenters. The van der Waals surface area contributed by atoms with Gasteiger partial charge in [-0.25, -0.2) is 4.98 Å². The standard InChI is InChI=1S/C12H11NO/c1-2-4-9(5-3-1)11-8-13-12(14-11)10-6-7-10/h1-5,8,10H,6-7H2. The summed E-state index contributed by atoms with van der Waals surface area (Å²) in [6.45, 7) is 0. The zero-order valence-electron chi connectivity index (χ0n) is 7.81. The Morgan fingerprint density at radius 1 is 1.14 bits per heavy atom. The SMILES string of the molecule is c1ccc(-c2cnc(C3CC3)o2)cc1. The Bertz CT molecular complexity index is 429. The lowest BCUT2D eigenvalue weighted by Crippen LogP contribution is -1.74. The van der Waals surface area contributed by atoms with Gasteiger partial charge in [0.2, 0.25) is 0 Å². The van der Waals surface area contributed by atoms with Crippen LogP contribution >= 0.6 is 0 Å². The molecule has 0 bridgehead atoms. The van der Waals surface area contributed by atoms with Crippen molar-refractivity contribution in [3.63, 3.8) is 0 Å². The van der Waals surface area contributed by atoms with Crippen LogP contribution in [0.1, 0.15) is 24.7 Å². The van der Waals surface area contributed by atoms with Crippen LogP contribution in [0.5, 0.6) is 0 Å². The van der Waals surface area contributed by atoms with Crippen LogP contribution in [-0.2, 0) is 0 Å². The second-order valence-corrected chi connectivity index (χ2v) is 3.70. The number of rotatable bonds is 2. The fourth-order valence-corrected chi connectivity index (χ4v) is 1.54. The highest BCUT2D eigenvalue weighted by Crippen LogP contribution is 2.40. The van der Waals surface area contributed by atoms with Gasteiger partial charge in [0.05, 0.1) is 6.20 Å². The van der Waals surface area contributed by atoms with Crippen molar-refractivity contribution in [2.75, 3.05) is 0 Å². The van der Waals surface area contributed by atoms with E-state index in [-0.39, 0.29) is 0 Å². The molecule has 14 heavy (non-hydrogen) atoms. The normalized spacial score (nSPS) is 15.7. The predicted octanol–water partition coefficient (Wildman–Crippen LogP) is 3.22. The fraction of sp³-hybridized carbons (Fsp3) is 0.250. The van der Waals surface area contributed by atoms with Crippen LogP contribution in [0.3, 0.4) is 0 Å². The highest BCUT2D eigenvalue weighted by Gasteiger charge is 2.28. The molecule has 0 radical (unpaired) electrons. The van der Waals surface area contributed by atoms with E-state index in [9.17, 15) is 0 Å². The summed E-state index contributed by atoms with van der Waals surface area (Å²) in [5.41, 5.74) is 1.10. The molecule has 0 saturated heterocycles. The van der Waals surface area contributed by atoms with Crippen molar-refractivity contribution in [3.05, 3.63) is 42.4 Å². The Kier molecular flexibility index (Phi) is 1.66. The molecule has 2 heteroatoms. The van der Waals surface area contributed by atoms with Gasteiger partial charge in [0.1, 0.15) is 0 Å². The molecule has 1 aromatic heterocycles. The van der Waals surface area contributed by atoms with E-state index >= 15 is 0 Å². The summed E-state index contributed by atoms with van der Waals surface area (Å²) in [5, 5.41) is 0. The molecule has 0 aliphatic heterocycles. The summed E-state index contributed by atoms with van der Waals surface area (Å²) in [6, 6.07) is 10.1. The highest BCUT2D eigenvalue weighted by atomic mass is 16.4. The van der Waals surface area contributed by atoms with Crippen molar-refractivity contribution in [3.8, 4) is 11.3 Å². The van der Waals surface area contributed by atoms with Crippen LogP contribution in [0, 0.1) is 0 Å². The van der Waals surface area contributed by atoms with Crippen LogP contribution < -0.4 is 0 Å². The van der Waals surface area contributed by atoms with Crippen molar-refractivity contribution in [2.24, 2.45) is 0 Å². The maximum atomic E-state index is 5.68. The molecule has 70 valence electrons. The first kappa shape index (κ1) is 7.80. The maximum Gasteiger partial charge on any atom is 0.198 e. The quantitative estimate of drug-likeness (QED) is 0.718. The lowest BCUT2D eigenvalue weighted by atomic mass is 10.2. The summed E-state index contributed by atoms with van der Waals surface area (Å²) >= 11 is 0. The van der Waals surface area contributed by atoms with E-state index in [2.05, 4.69) is 4.98 Å². The molecule has 3 rings (SSSR count). The van der Waals surface area contributed by atoms with Gasteiger partial charge in [0.25, 0.3) is 0 Å². The number of nitrogens with zero attached hydrogens (tertiary/aromatic N) is 1. The summed E-state index contributed by atoms with van der Waals surface area (Å²) in [4.78, 5) is 4.29. The second-order valence-electron chi connectivity index (χ2n) is 3.70. The lowest BCUT2D eigenvalue weighted by molar-refractivity contribution is 0.509. The molecule has 1 heterocycles. The van der Waals surface area contributed by atoms with Crippen molar-refractivity contribution in [2.45, 2.75) is 18.8 Å². The van der Waals surface area contributed by atoms with Crippen LogP contribution in [0.4, 0.5) is 0 Å². The van der Waals surface area contributed by atoms with Crippen LogP contribution in [0.2, 0.25) is 0 Å². The third-order valence-corrected chi connectivity index (χ3v) is 2.51. The molecule has 0 N–H and O–H groups in total. The number of hydrogen-bond acceptors (Lipinski definition) is 2. The fourth-order valence-electron chi connectivity index (χ4n) is 1.54. The molecule has 1 aliphatic carbocycles. The summed E-state index contributed by atoms with van der Waals surface area (Å²) in [7, 11) is 0. The number of aromatic nitrogens is 1. The average Bonchev–Trinajstić information content (AvgIpc) is 2.98. The third kappa shape index (κ3) is 1.33. The van der Waals surface area contributed by atoms with Crippen molar-refractivity contribution in [1.29, 1.82) is 0 Å². The van der Waals surface area contributed by atoms with E-state index in [0.717, 1.165) is 17.2 Å².